The molecule has 0 amide bonds. The normalized spacial score (nSPS) is 12.5. The van der Waals surface area contributed by atoms with Gasteiger partial charge in [0.25, 0.3) is 0 Å². The number of hydrogen-bond donors (Lipinski definition) is 3. The van der Waals surface area contributed by atoms with Crippen LogP contribution in [0.15, 0.2) is 23.7 Å². The number of rotatable bonds is 5. The van der Waals surface area contributed by atoms with Gasteiger partial charge in [-0.2, -0.15) is 0 Å². The van der Waals surface area contributed by atoms with Crippen LogP contribution in [0.25, 0.3) is 11.4 Å². The van der Waals surface area contributed by atoms with Crippen LogP contribution in [0.2, 0.25) is 0 Å². The molecule has 0 aliphatic heterocycles. The Morgan fingerprint density at radius 3 is 3.12 bits per heavy atom. The number of likely N-dealkylation sites (N-methyl/N-ethyl adjacent to an activating group) is 1. The number of carbonyl (C=O) groups is 1. The van der Waals surface area contributed by atoms with Gasteiger partial charge in [-0.25, -0.2) is 4.98 Å². The number of hydrogen-bond acceptors (Lipinski definition) is 4. The van der Waals surface area contributed by atoms with Gasteiger partial charge >= 0.3 is 5.97 Å². The maximum absolute atomic E-state index is 10.9. The van der Waals surface area contributed by atoms with Crippen molar-refractivity contribution in [3.63, 3.8) is 0 Å². The molecule has 2 aromatic rings. The molecule has 0 saturated carbocycles. The van der Waals surface area contributed by atoms with E-state index in [4.69, 9.17) is 5.11 Å². The van der Waals surface area contributed by atoms with E-state index >= 15 is 0 Å². The fraction of sp³-hybridized carbons (Fsp3) is 0.273. The van der Waals surface area contributed by atoms with Crippen molar-refractivity contribution in [1.82, 2.24) is 15.3 Å². The number of nitrogens with zero attached hydrogens (tertiary/aromatic N) is 1. The van der Waals surface area contributed by atoms with Crippen LogP contribution in [0.1, 0.15) is 5.01 Å². The first-order chi connectivity index (χ1) is 8.20. The van der Waals surface area contributed by atoms with Crippen LogP contribution >= 0.6 is 11.3 Å². The van der Waals surface area contributed by atoms with E-state index in [1.54, 1.807) is 7.05 Å². The zero-order chi connectivity index (χ0) is 12.3. The minimum atomic E-state index is -0.857. The Morgan fingerprint density at radius 1 is 1.71 bits per heavy atom. The first kappa shape index (κ1) is 11.8. The molecule has 6 heteroatoms. The summed E-state index contributed by atoms with van der Waals surface area (Å²) in [5.74, 6) is -0.857. The van der Waals surface area contributed by atoms with Crippen molar-refractivity contribution in [2.75, 3.05) is 7.05 Å². The van der Waals surface area contributed by atoms with E-state index in [0.29, 0.717) is 6.42 Å². The molecule has 17 heavy (non-hydrogen) atoms. The first-order valence-electron chi connectivity index (χ1n) is 5.19. The molecule has 2 heterocycles. The summed E-state index contributed by atoms with van der Waals surface area (Å²) in [6, 6.07) is 3.26. The molecule has 0 aromatic carbocycles. The lowest BCUT2D eigenvalue weighted by molar-refractivity contribution is -0.139. The van der Waals surface area contributed by atoms with Crippen LogP contribution in [0, 0.1) is 0 Å². The number of thiazole rings is 1. The number of carboxylic acid groups (broad SMARTS) is 1. The fourth-order valence-corrected chi connectivity index (χ4v) is 2.35. The number of aromatic nitrogens is 2. The second kappa shape index (κ2) is 5.11. The molecule has 0 aliphatic rings. The van der Waals surface area contributed by atoms with Crippen LogP contribution in [0.4, 0.5) is 0 Å². The largest absolute Gasteiger partial charge is 0.480 e. The molecule has 0 bridgehead atoms. The summed E-state index contributed by atoms with van der Waals surface area (Å²) < 4.78 is 0. The lowest BCUT2D eigenvalue weighted by Gasteiger charge is -2.07. The molecule has 0 radical (unpaired) electrons. The predicted molar refractivity (Wildman–Crippen MR) is 66.1 cm³/mol. The van der Waals surface area contributed by atoms with E-state index in [1.807, 2.05) is 23.7 Å². The number of nitrogens with one attached hydrogen (secondary N) is 2. The number of aromatic amines is 1. The first-order valence-corrected chi connectivity index (χ1v) is 6.07. The van der Waals surface area contributed by atoms with Crippen LogP contribution in [-0.2, 0) is 11.2 Å². The lowest BCUT2D eigenvalue weighted by atomic mass is 10.2. The Bertz CT molecular complexity index is 493. The Morgan fingerprint density at radius 2 is 2.53 bits per heavy atom. The van der Waals surface area contributed by atoms with Gasteiger partial charge in [-0.05, 0) is 19.2 Å². The molecule has 0 fully saturated rings. The molecule has 5 nitrogen and oxygen atoms in total. The zero-order valence-corrected chi connectivity index (χ0v) is 10.1. The third-order valence-corrected chi connectivity index (χ3v) is 3.32. The summed E-state index contributed by atoms with van der Waals surface area (Å²) in [6.45, 7) is 0. The molecule has 1 atom stereocenters. The summed E-state index contributed by atoms with van der Waals surface area (Å²) >= 11 is 1.47. The van der Waals surface area contributed by atoms with Gasteiger partial charge in [-0.3, -0.25) is 4.79 Å². The molecule has 1 unspecified atom stereocenters. The van der Waals surface area contributed by atoms with Crippen molar-refractivity contribution in [1.29, 1.82) is 0 Å². The van der Waals surface area contributed by atoms with E-state index in [9.17, 15) is 4.79 Å². The smallest absolute Gasteiger partial charge is 0.321 e. The highest BCUT2D eigenvalue weighted by atomic mass is 32.1. The number of aliphatic carboxylic acids is 1. The maximum atomic E-state index is 10.9. The highest BCUT2D eigenvalue weighted by Crippen LogP contribution is 2.20. The number of carboxylic acids is 1. The standard InChI is InChI=1S/C11H13N3O2S/c1-12-8(11(15)16)5-10-14-9(6-17-10)7-3-2-4-13-7/h2-4,6,8,12-13H,5H2,1H3,(H,15,16). The SMILES string of the molecule is CNC(Cc1nc(-c2ccc[nH]2)cs1)C(=O)O. The molecular formula is C11H13N3O2S. The molecule has 2 aromatic heterocycles. The van der Waals surface area contributed by atoms with Gasteiger partial charge in [0, 0.05) is 18.0 Å². The minimum absolute atomic E-state index is 0.400. The van der Waals surface area contributed by atoms with Crippen molar-refractivity contribution in [3.8, 4) is 11.4 Å². The average Bonchev–Trinajstić information content (AvgIpc) is 2.95. The van der Waals surface area contributed by atoms with Gasteiger partial charge in [0.2, 0.25) is 0 Å². The summed E-state index contributed by atoms with van der Waals surface area (Å²) in [7, 11) is 1.64. The Kier molecular flexibility index (Phi) is 3.55. The maximum Gasteiger partial charge on any atom is 0.321 e. The molecular weight excluding hydrogens is 238 g/mol. The summed E-state index contributed by atoms with van der Waals surface area (Å²) in [5, 5.41) is 14.4. The third kappa shape index (κ3) is 2.72. The van der Waals surface area contributed by atoms with E-state index in [-0.39, 0.29) is 0 Å². The van der Waals surface area contributed by atoms with Gasteiger partial charge in [0.1, 0.15) is 6.04 Å². The van der Waals surface area contributed by atoms with Crippen molar-refractivity contribution >= 4 is 17.3 Å². The van der Waals surface area contributed by atoms with Crippen molar-refractivity contribution in [2.45, 2.75) is 12.5 Å². The van der Waals surface area contributed by atoms with Crippen molar-refractivity contribution in [2.24, 2.45) is 0 Å². The molecule has 0 aliphatic carbocycles. The molecule has 2 rings (SSSR count). The van der Waals surface area contributed by atoms with Crippen molar-refractivity contribution in [3.05, 3.63) is 28.7 Å². The topological polar surface area (TPSA) is 78.0 Å². The van der Waals surface area contributed by atoms with Crippen LogP contribution in [0.5, 0.6) is 0 Å². The summed E-state index contributed by atoms with van der Waals surface area (Å²) in [6.07, 6.45) is 2.24. The lowest BCUT2D eigenvalue weighted by Crippen LogP contribution is -2.35. The van der Waals surface area contributed by atoms with Crippen LogP contribution in [0.3, 0.4) is 0 Å². The van der Waals surface area contributed by atoms with Gasteiger partial charge in [-0.1, -0.05) is 0 Å². The summed E-state index contributed by atoms with van der Waals surface area (Å²) in [4.78, 5) is 18.4. The second-order valence-corrected chi connectivity index (χ2v) is 4.54. The summed E-state index contributed by atoms with van der Waals surface area (Å²) in [5.41, 5.74) is 1.80. The Balaban J connectivity index is 2.11. The molecule has 0 spiro atoms. The minimum Gasteiger partial charge on any atom is -0.480 e. The Hall–Kier alpha value is -1.66. The highest BCUT2D eigenvalue weighted by molar-refractivity contribution is 7.09. The monoisotopic (exact) mass is 251 g/mol. The average molecular weight is 251 g/mol. The molecule has 0 saturated heterocycles. The van der Waals surface area contributed by atoms with Gasteiger partial charge in [-0.15, -0.1) is 11.3 Å². The highest BCUT2D eigenvalue weighted by Gasteiger charge is 2.17. The number of H-pyrrole nitrogens is 1. The Labute approximate surface area is 103 Å². The van der Waals surface area contributed by atoms with E-state index in [0.717, 1.165) is 16.4 Å². The van der Waals surface area contributed by atoms with Crippen LogP contribution < -0.4 is 5.32 Å². The van der Waals surface area contributed by atoms with Gasteiger partial charge in [0.05, 0.1) is 16.4 Å². The van der Waals surface area contributed by atoms with E-state index < -0.39 is 12.0 Å². The van der Waals surface area contributed by atoms with Crippen molar-refractivity contribution < 1.29 is 9.90 Å². The second-order valence-electron chi connectivity index (χ2n) is 3.59. The fourth-order valence-electron chi connectivity index (χ4n) is 1.51. The van der Waals surface area contributed by atoms with Gasteiger partial charge < -0.3 is 15.4 Å². The van der Waals surface area contributed by atoms with Gasteiger partial charge in [0.15, 0.2) is 0 Å². The van der Waals surface area contributed by atoms with E-state index in [2.05, 4.69) is 15.3 Å². The zero-order valence-electron chi connectivity index (χ0n) is 9.30. The van der Waals surface area contributed by atoms with Crippen LogP contribution in [-0.4, -0.2) is 34.1 Å². The van der Waals surface area contributed by atoms with E-state index in [1.165, 1.54) is 11.3 Å². The predicted octanol–water partition coefficient (Wildman–Crippen LogP) is 1.35. The quantitative estimate of drug-likeness (QED) is 0.749. The third-order valence-electron chi connectivity index (χ3n) is 2.45. The molecule has 90 valence electrons. The molecule has 3 N–H and O–H groups in total.